The van der Waals surface area contributed by atoms with Crippen LogP contribution < -0.4 is 0 Å². The Hall–Kier alpha value is -2.70. The van der Waals surface area contributed by atoms with Crippen LogP contribution in [0.2, 0.25) is 0 Å². The Bertz CT molecular complexity index is 729. The standard InChI is InChI=1S/C15H17N3O4/c1-15(2,3)12-11(14(21)22)16-17-18(12)8-9-5-4-6-10(7-9)13(19)20/h4-7H,8H2,1-3H3,(H,19,20)(H,21,22). The van der Waals surface area contributed by atoms with E-state index in [9.17, 15) is 14.7 Å². The first-order chi connectivity index (χ1) is 10.2. The molecule has 1 heterocycles. The average molecular weight is 303 g/mol. The molecule has 2 aromatic rings. The van der Waals surface area contributed by atoms with Crippen LogP contribution >= 0.6 is 0 Å². The summed E-state index contributed by atoms with van der Waals surface area (Å²) in [6.45, 7) is 5.89. The van der Waals surface area contributed by atoms with Crippen LogP contribution in [-0.2, 0) is 12.0 Å². The van der Waals surface area contributed by atoms with E-state index in [-0.39, 0.29) is 17.8 Å². The molecular formula is C15H17N3O4. The Morgan fingerprint density at radius 2 is 1.86 bits per heavy atom. The predicted molar refractivity (Wildman–Crippen MR) is 78.2 cm³/mol. The number of carboxylic acid groups (broad SMARTS) is 2. The van der Waals surface area contributed by atoms with E-state index in [0.29, 0.717) is 11.3 Å². The van der Waals surface area contributed by atoms with Gasteiger partial charge in [0.2, 0.25) is 0 Å². The fraction of sp³-hybridized carbons (Fsp3) is 0.333. The topological polar surface area (TPSA) is 105 Å². The van der Waals surface area contributed by atoms with E-state index >= 15 is 0 Å². The second-order valence-corrected chi connectivity index (χ2v) is 6.00. The monoisotopic (exact) mass is 303 g/mol. The highest BCUT2D eigenvalue weighted by Gasteiger charge is 2.28. The van der Waals surface area contributed by atoms with Gasteiger partial charge in [-0.05, 0) is 17.7 Å². The van der Waals surface area contributed by atoms with Crippen molar-refractivity contribution in [1.29, 1.82) is 0 Å². The van der Waals surface area contributed by atoms with Crippen molar-refractivity contribution in [1.82, 2.24) is 15.0 Å². The first-order valence-electron chi connectivity index (χ1n) is 6.69. The van der Waals surface area contributed by atoms with Gasteiger partial charge in [-0.2, -0.15) is 0 Å². The summed E-state index contributed by atoms with van der Waals surface area (Å²) in [5.41, 5.74) is 0.852. The Kier molecular flexibility index (Phi) is 3.99. The number of rotatable bonds is 4. The molecule has 0 aliphatic carbocycles. The van der Waals surface area contributed by atoms with Crippen LogP contribution in [0.5, 0.6) is 0 Å². The molecule has 7 nitrogen and oxygen atoms in total. The van der Waals surface area contributed by atoms with Gasteiger partial charge in [-0.25, -0.2) is 14.3 Å². The second kappa shape index (κ2) is 5.59. The maximum absolute atomic E-state index is 11.3. The van der Waals surface area contributed by atoms with Crippen molar-refractivity contribution >= 4 is 11.9 Å². The zero-order chi connectivity index (χ0) is 16.5. The summed E-state index contributed by atoms with van der Waals surface area (Å²) in [5, 5.41) is 25.9. The van der Waals surface area contributed by atoms with Crippen LogP contribution in [0, 0.1) is 0 Å². The Labute approximate surface area is 127 Å². The molecule has 0 radical (unpaired) electrons. The van der Waals surface area contributed by atoms with Gasteiger partial charge in [0.1, 0.15) is 0 Å². The Balaban J connectivity index is 2.44. The molecule has 0 unspecified atom stereocenters. The van der Waals surface area contributed by atoms with E-state index in [4.69, 9.17) is 5.11 Å². The van der Waals surface area contributed by atoms with Crippen molar-refractivity contribution < 1.29 is 19.8 Å². The number of benzene rings is 1. The maximum atomic E-state index is 11.3. The van der Waals surface area contributed by atoms with Crippen molar-refractivity contribution in [2.45, 2.75) is 32.7 Å². The number of hydrogen-bond acceptors (Lipinski definition) is 4. The minimum absolute atomic E-state index is 0.0816. The SMILES string of the molecule is CC(C)(C)c1c(C(=O)O)nnn1Cc1cccc(C(=O)O)c1. The van der Waals surface area contributed by atoms with Gasteiger partial charge < -0.3 is 10.2 Å². The third kappa shape index (κ3) is 3.13. The lowest BCUT2D eigenvalue weighted by molar-refractivity contribution is 0.0680. The van der Waals surface area contributed by atoms with Crippen LogP contribution in [0.15, 0.2) is 24.3 Å². The fourth-order valence-electron chi connectivity index (χ4n) is 2.29. The van der Waals surface area contributed by atoms with Crippen molar-refractivity contribution in [3.63, 3.8) is 0 Å². The van der Waals surface area contributed by atoms with Crippen LogP contribution in [-0.4, -0.2) is 37.1 Å². The highest BCUT2D eigenvalue weighted by molar-refractivity contribution is 5.88. The third-order valence-corrected chi connectivity index (χ3v) is 3.15. The van der Waals surface area contributed by atoms with E-state index in [1.807, 2.05) is 20.8 Å². The summed E-state index contributed by atoms with van der Waals surface area (Å²) < 4.78 is 1.50. The number of nitrogens with zero attached hydrogens (tertiary/aromatic N) is 3. The molecule has 1 aromatic carbocycles. The molecule has 0 aliphatic rings. The smallest absolute Gasteiger partial charge is 0.358 e. The van der Waals surface area contributed by atoms with Gasteiger partial charge >= 0.3 is 11.9 Å². The van der Waals surface area contributed by atoms with Crippen molar-refractivity contribution in [2.24, 2.45) is 0 Å². The molecule has 0 fully saturated rings. The fourth-order valence-corrected chi connectivity index (χ4v) is 2.29. The van der Waals surface area contributed by atoms with Gasteiger partial charge in [-0.3, -0.25) is 0 Å². The molecule has 116 valence electrons. The van der Waals surface area contributed by atoms with Crippen molar-refractivity contribution in [3.05, 3.63) is 46.8 Å². The summed E-state index contributed by atoms with van der Waals surface area (Å²) in [6.07, 6.45) is 0. The van der Waals surface area contributed by atoms with E-state index in [1.54, 1.807) is 12.1 Å². The number of carboxylic acids is 2. The Morgan fingerprint density at radius 3 is 2.41 bits per heavy atom. The predicted octanol–water partition coefficient (Wildman–Crippen LogP) is 2.02. The van der Waals surface area contributed by atoms with E-state index < -0.39 is 17.4 Å². The minimum Gasteiger partial charge on any atom is -0.478 e. The average Bonchev–Trinajstić information content (AvgIpc) is 2.82. The summed E-state index contributed by atoms with van der Waals surface area (Å²) in [7, 11) is 0. The van der Waals surface area contributed by atoms with Crippen LogP contribution in [0.3, 0.4) is 0 Å². The van der Waals surface area contributed by atoms with E-state index in [2.05, 4.69) is 10.3 Å². The summed E-state index contributed by atoms with van der Waals surface area (Å²) in [5.74, 6) is -2.14. The normalized spacial score (nSPS) is 11.4. The molecule has 2 N–H and O–H groups in total. The molecule has 0 atom stereocenters. The number of hydrogen-bond donors (Lipinski definition) is 2. The second-order valence-electron chi connectivity index (χ2n) is 6.00. The highest BCUT2D eigenvalue weighted by atomic mass is 16.4. The highest BCUT2D eigenvalue weighted by Crippen LogP contribution is 2.25. The summed E-state index contributed by atoms with van der Waals surface area (Å²) in [4.78, 5) is 22.3. The van der Waals surface area contributed by atoms with Crippen LogP contribution in [0.25, 0.3) is 0 Å². The van der Waals surface area contributed by atoms with Gasteiger partial charge in [0.25, 0.3) is 0 Å². The zero-order valence-electron chi connectivity index (χ0n) is 12.6. The lowest BCUT2D eigenvalue weighted by atomic mass is 9.90. The first-order valence-corrected chi connectivity index (χ1v) is 6.69. The zero-order valence-corrected chi connectivity index (χ0v) is 12.6. The molecule has 0 aliphatic heterocycles. The van der Waals surface area contributed by atoms with Crippen LogP contribution in [0.4, 0.5) is 0 Å². The lowest BCUT2D eigenvalue weighted by Gasteiger charge is -2.20. The van der Waals surface area contributed by atoms with E-state index in [1.165, 1.54) is 16.8 Å². The summed E-state index contributed by atoms with van der Waals surface area (Å²) in [6, 6.07) is 6.45. The Morgan fingerprint density at radius 1 is 1.18 bits per heavy atom. The third-order valence-electron chi connectivity index (χ3n) is 3.15. The number of carbonyl (C=O) groups is 2. The van der Waals surface area contributed by atoms with Crippen LogP contribution in [0.1, 0.15) is 52.9 Å². The maximum Gasteiger partial charge on any atom is 0.358 e. The number of aromatic carboxylic acids is 2. The molecule has 22 heavy (non-hydrogen) atoms. The van der Waals surface area contributed by atoms with Gasteiger partial charge in [0.15, 0.2) is 5.69 Å². The molecule has 0 saturated heterocycles. The molecule has 7 heteroatoms. The molecule has 0 bridgehead atoms. The van der Waals surface area contributed by atoms with Gasteiger partial charge in [0, 0.05) is 5.41 Å². The quantitative estimate of drug-likeness (QED) is 0.895. The molecule has 1 aromatic heterocycles. The first kappa shape index (κ1) is 15.7. The number of aromatic nitrogens is 3. The molecular weight excluding hydrogens is 286 g/mol. The lowest BCUT2D eigenvalue weighted by Crippen LogP contribution is -2.22. The van der Waals surface area contributed by atoms with Gasteiger partial charge in [0.05, 0.1) is 17.8 Å². The largest absolute Gasteiger partial charge is 0.478 e. The van der Waals surface area contributed by atoms with Crippen molar-refractivity contribution in [3.8, 4) is 0 Å². The van der Waals surface area contributed by atoms with Gasteiger partial charge in [-0.15, -0.1) is 5.10 Å². The van der Waals surface area contributed by atoms with Gasteiger partial charge in [-0.1, -0.05) is 38.1 Å². The minimum atomic E-state index is -1.13. The summed E-state index contributed by atoms with van der Waals surface area (Å²) >= 11 is 0. The molecule has 0 saturated carbocycles. The molecule has 0 amide bonds. The molecule has 0 spiro atoms. The van der Waals surface area contributed by atoms with E-state index in [0.717, 1.165) is 0 Å². The van der Waals surface area contributed by atoms with Crippen molar-refractivity contribution in [2.75, 3.05) is 0 Å². The molecule has 2 rings (SSSR count).